The molecule has 0 bridgehead atoms. The highest BCUT2D eigenvalue weighted by molar-refractivity contribution is 7.99. The number of carbonyl (C=O) groups is 2. The van der Waals surface area contributed by atoms with Crippen molar-refractivity contribution >= 4 is 35.5 Å². The van der Waals surface area contributed by atoms with Gasteiger partial charge in [0.1, 0.15) is 10.5 Å². The Kier molecular flexibility index (Phi) is 7.74. The van der Waals surface area contributed by atoms with Crippen LogP contribution in [0.4, 0.5) is 0 Å². The Hall–Kier alpha value is -1.08. The molecular weight excluding hydrogens is 310 g/mol. The van der Waals surface area contributed by atoms with Gasteiger partial charge in [0, 0.05) is 11.4 Å². The van der Waals surface area contributed by atoms with E-state index in [0.29, 0.717) is 13.2 Å². The molecule has 0 fully saturated rings. The number of thioether (sulfide) groups is 2. The van der Waals surface area contributed by atoms with Crippen LogP contribution in [0.1, 0.15) is 35.7 Å². The number of nitrogens with one attached hydrogen (secondary N) is 1. The van der Waals surface area contributed by atoms with E-state index in [2.05, 4.69) is 4.98 Å². The molecule has 1 N–H and O–H groups in total. The molecule has 1 rings (SSSR count). The maximum Gasteiger partial charge on any atom is 0.325 e. The molecule has 2 unspecified atom stereocenters. The lowest BCUT2D eigenvalue weighted by Crippen LogP contribution is -2.15. The second-order valence-electron chi connectivity index (χ2n) is 4.10. The van der Waals surface area contributed by atoms with Crippen molar-refractivity contribution in [3.8, 4) is 0 Å². The van der Waals surface area contributed by atoms with Crippen LogP contribution < -0.4 is 0 Å². The number of esters is 2. The number of aromatic amines is 1. The quantitative estimate of drug-likeness (QED) is 0.739. The first-order valence-electron chi connectivity index (χ1n) is 6.66. The minimum Gasteiger partial charge on any atom is -0.465 e. The molecule has 1 heterocycles. The van der Waals surface area contributed by atoms with Gasteiger partial charge in [-0.25, -0.2) is 0 Å². The summed E-state index contributed by atoms with van der Waals surface area (Å²) in [5.41, 5.74) is 1.47. The Morgan fingerprint density at radius 3 is 1.67 bits per heavy atom. The summed E-state index contributed by atoms with van der Waals surface area (Å²) in [6.07, 6.45) is 3.69. The number of carbonyl (C=O) groups excluding carboxylic acids is 2. The summed E-state index contributed by atoms with van der Waals surface area (Å²) in [5.74, 6) is -0.564. The predicted octanol–water partition coefficient (Wildman–Crippen LogP) is 2.95. The molecule has 21 heavy (non-hydrogen) atoms. The number of hydrogen-bond acceptors (Lipinski definition) is 6. The first-order chi connectivity index (χ1) is 10.1. The van der Waals surface area contributed by atoms with Crippen LogP contribution in [0.25, 0.3) is 0 Å². The lowest BCUT2D eigenvalue weighted by Gasteiger charge is -2.13. The van der Waals surface area contributed by atoms with Crippen molar-refractivity contribution in [3.63, 3.8) is 0 Å². The Bertz CT molecular complexity index is 435. The molecule has 0 aromatic carbocycles. The number of H-pyrrole nitrogens is 1. The van der Waals surface area contributed by atoms with Gasteiger partial charge in [0.2, 0.25) is 0 Å². The van der Waals surface area contributed by atoms with E-state index in [1.807, 2.05) is 24.6 Å². The molecule has 118 valence electrons. The van der Waals surface area contributed by atoms with E-state index < -0.39 is 10.5 Å². The highest BCUT2D eigenvalue weighted by atomic mass is 32.2. The number of ether oxygens (including phenoxy) is 2. The molecule has 0 spiro atoms. The second kappa shape index (κ2) is 9.04. The van der Waals surface area contributed by atoms with Crippen molar-refractivity contribution in [2.24, 2.45) is 0 Å². The third-order valence-corrected chi connectivity index (χ3v) is 4.60. The van der Waals surface area contributed by atoms with Crippen molar-refractivity contribution in [3.05, 3.63) is 23.5 Å². The van der Waals surface area contributed by atoms with E-state index in [-0.39, 0.29) is 11.9 Å². The maximum atomic E-state index is 11.9. The van der Waals surface area contributed by atoms with Gasteiger partial charge in [-0.15, -0.1) is 23.5 Å². The van der Waals surface area contributed by atoms with E-state index >= 15 is 0 Å². The van der Waals surface area contributed by atoms with Gasteiger partial charge < -0.3 is 14.5 Å². The van der Waals surface area contributed by atoms with Crippen LogP contribution >= 0.6 is 23.5 Å². The van der Waals surface area contributed by atoms with E-state index in [4.69, 9.17) is 9.47 Å². The van der Waals surface area contributed by atoms with Crippen molar-refractivity contribution < 1.29 is 19.1 Å². The lowest BCUT2D eigenvalue weighted by molar-refractivity contribution is -0.143. The van der Waals surface area contributed by atoms with Crippen LogP contribution in [-0.2, 0) is 19.1 Å². The molecule has 2 atom stereocenters. The summed E-state index contributed by atoms with van der Waals surface area (Å²) in [6, 6.07) is 3.63. The normalized spacial score (nSPS) is 13.5. The van der Waals surface area contributed by atoms with Gasteiger partial charge in [0.05, 0.1) is 13.2 Å². The van der Waals surface area contributed by atoms with Gasteiger partial charge in [0.25, 0.3) is 0 Å². The third kappa shape index (κ3) is 4.71. The maximum absolute atomic E-state index is 11.9. The predicted molar refractivity (Wildman–Crippen MR) is 86.6 cm³/mol. The van der Waals surface area contributed by atoms with E-state index in [1.165, 1.54) is 23.5 Å². The smallest absolute Gasteiger partial charge is 0.325 e. The molecule has 0 aliphatic heterocycles. The van der Waals surface area contributed by atoms with E-state index in [9.17, 15) is 9.59 Å². The van der Waals surface area contributed by atoms with Crippen molar-refractivity contribution in [1.29, 1.82) is 0 Å². The highest BCUT2D eigenvalue weighted by Gasteiger charge is 2.26. The minimum absolute atomic E-state index is 0.282. The van der Waals surface area contributed by atoms with Gasteiger partial charge in [0.15, 0.2) is 0 Å². The Morgan fingerprint density at radius 2 is 1.38 bits per heavy atom. The van der Waals surface area contributed by atoms with Gasteiger partial charge >= 0.3 is 11.9 Å². The van der Waals surface area contributed by atoms with Gasteiger partial charge in [-0.1, -0.05) is 0 Å². The van der Waals surface area contributed by atoms with Crippen LogP contribution in [0.5, 0.6) is 0 Å². The molecule has 0 saturated carbocycles. The summed E-state index contributed by atoms with van der Waals surface area (Å²) in [4.78, 5) is 27.0. The monoisotopic (exact) mass is 331 g/mol. The fourth-order valence-corrected chi connectivity index (χ4v) is 3.18. The molecule has 0 saturated heterocycles. The molecule has 0 amide bonds. The van der Waals surface area contributed by atoms with Crippen LogP contribution in [-0.4, -0.2) is 42.6 Å². The first-order valence-corrected chi connectivity index (χ1v) is 9.24. The van der Waals surface area contributed by atoms with Crippen LogP contribution in [0.3, 0.4) is 0 Å². The van der Waals surface area contributed by atoms with Gasteiger partial charge in [-0.05, 0) is 38.5 Å². The van der Waals surface area contributed by atoms with Crippen LogP contribution in [0.2, 0.25) is 0 Å². The topological polar surface area (TPSA) is 68.4 Å². The van der Waals surface area contributed by atoms with Crippen LogP contribution in [0, 0.1) is 0 Å². The first kappa shape index (κ1) is 18.0. The molecule has 1 aromatic heterocycles. The molecule has 0 aliphatic rings. The van der Waals surface area contributed by atoms with E-state index in [1.54, 1.807) is 13.8 Å². The number of rotatable bonds is 8. The summed E-state index contributed by atoms with van der Waals surface area (Å²) in [6.45, 7) is 4.25. The lowest BCUT2D eigenvalue weighted by atomic mass is 10.3. The molecule has 5 nitrogen and oxygen atoms in total. The minimum atomic E-state index is -0.414. The SMILES string of the molecule is CCOC(=O)C(SC)c1ccc(C(SC)C(=O)OCC)[nH]1. The average molecular weight is 331 g/mol. The Morgan fingerprint density at radius 1 is 1.00 bits per heavy atom. The zero-order valence-electron chi connectivity index (χ0n) is 12.7. The average Bonchev–Trinajstić information content (AvgIpc) is 2.90. The highest BCUT2D eigenvalue weighted by Crippen LogP contribution is 2.32. The van der Waals surface area contributed by atoms with E-state index in [0.717, 1.165) is 11.4 Å². The van der Waals surface area contributed by atoms with Crippen LogP contribution in [0.15, 0.2) is 12.1 Å². The molecular formula is C14H21NO4S2. The zero-order chi connectivity index (χ0) is 15.8. The molecule has 7 heteroatoms. The summed E-state index contributed by atoms with van der Waals surface area (Å²) in [5, 5.41) is -0.827. The fourth-order valence-electron chi connectivity index (χ4n) is 1.87. The molecule has 1 aromatic rings. The third-order valence-electron chi connectivity index (χ3n) is 2.77. The summed E-state index contributed by atoms with van der Waals surface area (Å²) < 4.78 is 10.1. The largest absolute Gasteiger partial charge is 0.465 e. The van der Waals surface area contributed by atoms with Crippen molar-refractivity contribution in [2.75, 3.05) is 25.7 Å². The second-order valence-corrected chi connectivity index (χ2v) is 5.99. The zero-order valence-corrected chi connectivity index (χ0v) is 14.3. The Balaban J connectivity index is 2.92. The fraction of sp³-hybridized carbons (Fsp3) is 0.571. The van der Waals surface area contributed by atoms with Crippen molar-refractivity contribution in [1.82, 2.24) is 4.98 Å². The summed E-state index contributed by atoms with van der Waals surface area (Å²) in [7, 11) is 0. The number of aromatic nitrogens is 1. The summed E-state index contributed by atoms with van der Waals surface area (Å²) >= 11 is 2.79. The Labute approximate surface area is 133 Å². The molecule has 0 aliphatic carbocycles. The van der Waals surface area contributed by atoms with Gasteiger partial charge in [-0.2, -0.15) is 0 Å². The van der Waals surface area contributed by atoms with Crippen molar-refractivity contribution in [2.45, 2.75) is 24.3 Å². The molecule has 0 radical (unpaired) electrons. The number of hydrogen-bond donors (Lipinski definition) is 1. The van der Waals surface area contributed by atoms with Gasteiger partial charge in [-0.3, -0.25) is 9.59 Å². The standard InChI is InChI=1S/C14H21NO4S2/c1-5-18-13(16)11(20-3)9-7-8-10(15-9)12(21-4)14(17)19-6-2/h7-8,11-12,15H,5-6H2,1-4H3.